The van der Waals surface area contributed by atoms with E-state index in [0.717, 1.165) is 37.0 Å². The van der Waals surface area contributed by atoms with Crippen molar-refractivity contribution in [2.75, 3.05) is 12.3 Å². The van der Waals surface area contributed by atoms with Gasteiger partial charge in [-0.3, -0.25) is 4.57 Å². The Balaban J connectivity index is 3.27. The molecular formula is C22H39O2P. The second-order valence-corrected chi connectivity index (χ2v) is 12.0. The highest BCUT2D eigenvalue weighted by molar-refractivity contribution is 7.59. The van der Waals surface area contributed by atoms with Gasteiger partial charge in [0.15, 0.2) is 0 Å². The highest BCUT2D eigenvalue weighted by Crippen LogP contribution is 2.51. The molecule has 0 spiro atoms. The molecule has 0 N–H and O–H groups in total. The van der Waals surface area contributed by atoms with Crippen LogP contribution in [0.15, 0.2) is 18.2 Å². The van der Waals surface area contributed by atoms with Gasteiger partial charge in [0, 0.05) is 17.9 Å². The predicted molar refractivity (Wildman–Crippen MR) is 112 cm³/mol. The molecule has 0 radical (unpaired) electrons. The molecule has 0 aliphatic heterocycles. The molecule has 0 aromatic heterocycles. The largest absolute Gasteiger partial charge is 0.442 e. The second-order valence-electron chi connectivity index (χ2n) is 9.27. The van der Waals surface area contributed by atoms with Crippen molar-refractivity contribution in [3.63, 3.8) is 0 Å². The molecule has 2 nitrogen and oxygen atoms in total. The van der Waals surface area contributed by atoms with Crippen molar-refractivity contribution in [2.45, 2.75) is 91.9 Å². The van der Waals surface area contributed by atoms with Crippen molar-refractivity contribution in [3.8, 4) is 5.75 Å². The number of unbranched alkanes of at least 4 members (excludes halogenated alkanes) is 2. The summed E-state index contributed by atoms with van der Waals surface area (Å²) >= 11 is 0. The summed E-state index contributed by atoms with van der Waals surface area (Å²) in [5, 5.41) is 0. The summed E-state index contributed by atoms with van der Waals surface area (Å²) in [5.41, 5.74) is 2.50. The maximum atomic E-state index is 13.4. The molecule has 0 heterocycles. The molecule has 0 amide bonds. The van der Waals surface area contributed by atoms with E-state index >= 15 is 0 Å². The summed E-state index contributed by atoms with van der Waals surface area (Å²) in [5.74, 6) is 0.816. The fourth-order valence-corrected chi connectivity index (χ4v) is 5.36. The highest BCUT2D eigenvalue weighted by atomic mass is 31.2. The minimum Gasteiger partial charge on any atom is -0.442 e. The van der Waals surface area contributed by atoms with Gasteiger partial charge in [0.25, 0.3) is 0 Å². The lowest BCUT2D eigenvalue weighted by Crippen LogP contribution is -2.17. The van der Waals surface area contributed by atoms with Crippen LogP contribution in [0.4, 0.5) is 0 Å². The van der Waals surface area contributed by atoms with E-state index < -0.39 is 7.37 Å². The first kappa shape index (κ1) is 22.3. The molecule has 0 fully saturated rings. The summed E-state index contributed by atoms with van der Waals surface area (Å²) in [6, 6.07) is 6.43. The average Bonchev–Trinajstić information content (AvgIpc) is 2.49. The van der Waals surface area contributed by atoms with E-state index in [1.54, 1.807) is 0 Å². The van der Waals surface area contributed by atoms with Crippen molar-refractivity contribution in [3.05, 3.63) is 29.3 Å². The fourth-order valence-electron chi connectivity index (χ4n) is 2.84. The first-order valence-electron chi connectivity index (χ1n) is 9.85. The second kappa shape index (κ2) is 8.76. The molecule has 0 unspecified atom stereocenters. The highest BCUT2D eigenvalue weighted by Gasteiger charge is 2.28. The van der Waals surface area contributed by atoms with Gasteiger partial charge >= 0.3 is 0 Å². The molecule has 1 aromatic rings. The molecule has 0 bridgehead atoms. The van der Waals surface area contributed by atoms with E-state index in [1.807, 2.05) is 6.07 Å². The monoisotopic (exact) mass is 366 g/mol. The van der Waals surface area contributed by atoms with Crippen LogP contribution in [0.2, 0.25) is 0 Å². The van der Waals surface area contributed by atoms with Crippen molar-refractivity contribution in [1.29, 1.82) is 0 Å². The maximum absolute atomic E-state index is 13.4. The molecular weight excluding hydrogens is 327 g/mol. The van der Waals surface area contributed by atoms with Crippen LogP contribution < -0.4 is 4.52 Å². The summed E-state index contributed by atoms with van der Waals surface area (Å²) < 4.78 is 19.7. The lowest BCUT2D eigenvalue weighted by Gasteiger charge is -2.29. The van der Waals surface area contributed by atoms with Crippen LogP contribution in [-0.2, 0) is 15.4 Å². The predicted octanol–water partition coefficient (Wildman–Crippen LogP) is 7.54. The molecule has 144 valence electrons. The Morgan fingerprint density at radius 2 is 1.40 bits per heavy atom. The Morgan fingerprint density at radius 1 is 0.880 bits per heavy atom. The Bertz CT molecular complexity index is 579. The average molecular weight is 367 g/mol. The number of benzene rings is 1. The summed E-state index contributed by atoms with van der Waals surface area (Å²) in [7, 11) is -2.63. The molecule has 1 aromatic carbocycles. The zero-order valence-corrected chi connectivity index (χ0v) is 18.6. The Labute approximate surface area is 156 Å². The topological polar surface area (TPSA) is 26.3 Å². The summed E-state index contributed by atoms with van der Waals surface area (Å²) in [6.07, 6.45) is 5.41. The molecule has 0 saturated heterocycles. The zero-order valence-electron chi connectivity index (χ0n) is 17.7. The van der Waals surface area contributed by atoms with Gasteiger partial charge in [-0.25, -0.2) is 0 Å². The van der Waals surface area contributed by atoms with E-state index in [9.17, 15) is 4.57 Å². The van der Waals surface area contributed by atoms with E-state index in [2.05, 4.69) is 67.5 Å². The smallest absolute Gasteiger partial charge is 0.247 e. The van der Waals surface area contributed by atoms with Crippen molar-refractivity contribution < 1.29 is 9.09 Å². The molecule has 1 rings (SSSR count). The SMILES string of the molecule is CCCCP(=O)(CCCC)Oc1ccc(C(C)(C)C)cc1C(C)(C)C. The van der Waals surface area contributed by atoms with Crippen LogP contribution in [-0.4, -0.2) is 12.3 Å². The number of hydrogen-bond acceptors (Lipinski definition) is 2. The Hall–Kier alpha value is -0.750. The third-order valence-electron chi connectivity index (χ3n) is 4.62. The van der Waals surface area contributed by atoms with Gasteiger partial charge < -0.3 is 4.52 Å². The van der Waals surface area contributed by atoms with E-state index in [4.69, 9.17) is 4.52 Å². The number of rotatable bonds is 8. The van der Waals surface area contributed by atoms with Crippen LogP contribution in [0.1, 0.15) is 92.2 Å². The van der Waals surface area contributed by atoms with Crippen LogP contribution in [0.25, 0.3) is 0 Å². The molecule has 0 atom stereocenters. The van der Waals surface area contributed by atoms with Gasteiger partial charge in [-0.1, -0.05) is 80.4 Å². The third-order valence-corrected chi connectivity index (χ3v) is 7.15. The first-order chi connectivity index (χ1) is 11.4. The zero-order chi connectivity index (χ0) is 19.3. The lowest BCUT2D eigenvalue weighted by atomic mass is 9.80. The summed E-state index contributed by atoms with van der Waals surface area (Å²) in [6.45, 7) is 17.6. The quantitative estimate of drug-likeness (QED) is 0.444. The minimum atomic E-state index is -2.63. The Morgan fingerprint density at radius 3 is 1.80 bits per heavy atom. The number of hydrogen-bond donors (Lipinski definition) is 0. The molecule has 0 aliphatic carbocycles. The summed E-state index contributed by atoms with van der Waals surface area (Å²) in [4.78, 5) is 0. The molecule has 3 heteroatoms. The fraction of sp³-hybridized carbons (Fsp3) is 0.727. The van der Waals surface area contributed by atoms with Crippen LogP contribution in [0, 0.1) is 0 Å². The Kier molecular flexibility index (Phi) is 7.81. The third kappa shape index (κ3) is 6.81. The van der Waals surface area contributed by atoms with Gasteiger partial charge in [0.2, 0.25) is 7.37 Å². The van der Waals surface area contributed by atoms with Gasteiger partial charge in [0.1, 0.15) is 5.75 Å². The van der Waals surface area contributed by atoms with Crippen molar-refractivity contribution in [1.82, 2.24) is 0 Å². The lowest BCUT2D eigenvalue weighted by molar-refractivity contribution is 0.461. The van der Waals surface area contributed by atoms with Crippen molar-refractivity contribution in [2.24, 2.45) is 0 Å². The van der Waals surface area contributed by atoms with Crippen molar-refractivity contribution >= 4 is 7.37 Å². The molecule has 0 aliphatic rings. The van der Waals surface area contributed by atoms with Crippen LogP contribution in [0.3, 0.4) is 0 Å². The van der Waals surface area contributed by atoms with Gasteiger partial charge in [-0.2, -0.15) is 0 Å². The maximum Gasteiger partial charge on any atom is 0.247 e. The normalized spacial score (nSPS) is 13.1. The van der Waals surface area contributed by atoms with Crippen LogP contribution in [0.5, 0.6) is 5.75 Å². The van der Waals surface area contributed by atoms with Gasteiger partial charge in [-0.15, -0.1) is 0 Å². The van der Waals surface area contributed by atoms with E-state index in [0.29, 0.717) is 12.3 Å². The minimum absolute atomic E-state index is 0.0447. The van der Waals surface area contributed by atoms with Crippen LogP contribution >= 0.6 is 7.37 Å². The van der Waals surface area contributed by atoms with E-state index in [1.165, 1.54) is 5.56 Å². The van der Waals surface area contributed by atoms with E-state index in [-0.39, 0.29) is 10.8 Å². The first-order valence-corrected chi connectivity index (χ1v) is 11.8. The molecule has 25 heavy (non-hydrogen) atoms. The van der Waals surface area contributed by atoms with Gasteiger partial charge in [0.05, 0.1) is 0 Å². The molecule has 0 saturated carbocycles. The standard InChI is InChI=1S/C22H39O2P/c1-9-11-15-25(23,16-12-10-2)24-20-14-13-18(21(3,4)5)17-19(20)22(6,7)8/h13-14,17H,9-12,15-16H2,1-8H3. The van der Waals surface area contributed by atoms with Gasteiger partial charge in [-0.05, 0) is 35.3 Å².